The van der Waals surface area contributed by atoms with E-state index >= 15 is 0 Å². The third kappa shape index (κ3) is 7.70. The number of nitrogens with zero attached hydrogens (tertiary/aromatic N) is 2. The SMILES string of the molecule is CN(C)CCCN(C)CC(=O)NN. The van der Waals surface area contributed by atoms with Crippen LogP contribution in [0.1, 0.15) is 6.42 Å². The summed E-state index contributed by atoms with van der Waals surface area (Å²) in [5, 5.41) is 0. The molecule has 0 heterocycles. The lowest BCUT2D eigenvalue weighted by atomic mass is 10.3. The van der Waals surface area contributed by atoms with E-state index in [1.54, 1.807) is 0 Å². The Labute approximate surface area is 79.8 Å². The lowest BCUT2D eigenvalue weighted by Gasteiger charge is -2.16. The highest BCUT2D eigenvalue weighted by molar-refractivity contribution is 5.77. The molecule has 0 unspecified atom stereocenters. The molecule has 0 fully saturated rings. The predicted molar refractivity (Wildman–Crippen MR) is 53.0 cm³/mol. The molecule has 0 spiro atoms. The van der Waals surface area contributed by atoms with E-state index in [-0.39, 0.29) is 5.91 Å². The van der Waals surface area contributed by atoms with Gasteiger partial charge in [-0.3, -0.25) is 15.1 Å². The second-order valence-corrected chi connectivity index (χ2v) is 3.46. The highest BCUT2D eigenvalue weighted by Gasteiger charge is 2.03. The molecule has 0 rings (SSSR count). The largest absolute Gasteiger partial charge is 0.309 e. The molecule has 0 aliphatic rings. The van der Waals surface area contributed by atoms with Crippen LogP contribution in [0.15, 0.2) is 0 Å². The van der Waals surface area contributed by atoms with Crippen molar-refractivity contribution in [1.29, 1.82) is 0 Å². The average Bonchev–Trinajstić information content (AvgIpc) is 2.03. The number of likely N-dealkylation sites (N-methyl/N-ethyl adjacent to an activating group) is 1. The van der Waals surface area contributed by atoms with Gasteiger partial charge >= 0.3 is 0 Å². The molecular formula is C8H20N4O. The average molecular weight is 188 g/mol. The van der Waals surface area contributed by atoms with E-state index < -0.39 is 0 Å². The van der Waals surface area contributed by atoms with Crippen molar-refractivity contribution in [3.8, 4) is 0 Å². The molecule has 5 nitrogen and oxygen atoms in total. The van der Waals surface area contributed by atoms with E-state index in [1.165, 1.54) is 0 Å². The number of carbonyl (C=O) groups is 1. The van der Waals surface area contributed by atoms with Gasteiger partial charge in [0.05, 0.1) is 6.54 Å². The number of hydrogen-bond donors (Lipinski definition) is 2. The van der Waals surface area contributed by atoms with Crippen LogP contribution < -0.4 is 11.3 Å². The zero-order valence-electron chi connectivity index (χ0n) is 8.71. The summed E-state index contributed by atoms with van der Waals surface area (Å²) in [6, 6.07) is 0. The van der Waals surface area contributed by atoms with E-state index in [4.69, 9.17) is 5.84 Å². The van der Waals surface area contributed by atoms with E-state index in [0.717, 1.165) is 19.5 Å². The van der Waals surface area contributed by atoms with Gasteiger partial charge in [-0.15, -0.1) is 0 Å². The van der Waals surface area contributed by atoms with Crippen molar-refractivity contribution in [2.75, 3.05) is 40.8 Å². The molecule has 78 valence electrons. The Bertz CT molecular complexity index is 149. The van der Waals surface area contributed by atoms with Gasteiger partial charge in [-0.2, -0.15) is 0 Å². The molecule has 0 bridgehead atoms. The Morgan fingerprint density at radius 1 is 1.31 bits per heavy atom. The van der Waals surface area contributed by atoms with Gasteiger partial charge in [-0.05, 0) is 40.7 Å². The predicted octanol–water partition coefficient (Wildman–Crippen LogP) is -1.14. The van der Waals surface area contributed by atoms with E-state index in [0.29, 0.717) is 6.54 Å². The summed E-state index contributed by atoms with van der Waals surface area (Å²) in [4.78, 5) is 14.9. The van der Waals surface area contributed by atoms with Crippen molar-refractivity contribution in [1.82, 2.24) is 15.2 Å². The molecule has 0 aliphatic heterocycles. The van der Waals surface area contributed by atoms with Gasteiger partial charge in [0.25, 0.3) is 0 Å². The van der Waals surface area contributed by atoms with Gasteiger partial charge in [-0.25, -0.2) is 5.84 Å². The number of amides is 1. The summed E-state index contributed by atoms with van der Waals surface area (Å²) in [7, 11) is 5.98. The lowest BCUT2D eigenvalue weighted by Crippen LogP contribution is -2.39. The standard InChI is InChI=1S/C8H20N4O/c1-11(2)5-4-6-12(3)7-8(13)10-9/h4-7,9H2,1-3H3,(H,10,13). The number of hydrogen-bond acceptors (Lipinski definition) is 4. The zero-order chi connectivity index (χ0) is 10.3. The molecule has 3 N–H and O–H groups in total. The first-order valence-electron chi connectivity index (χ1n) is 4.39. The maximum atomic E-state index is 10.8. The fourth-order valence-electron chi connectivity index (χ4n) is 1.03. The lowest BCUT2D eigenvalue weighted by molar-refractivity contribution is -0.122. The van der Waals surface area contributed by atoms with Gasteiger partial charge < -0.3 is 4.90 Å². The van der Waals surface area contributed by atoms with Gasteiger partial charge in [0.15, 0.2) is 0 Å². The van der Waals surface area contributed by atoms with E-state index in [1.807, 2.05) is 26.0 Å². The van der Waals surface area contributed by atoms with Crippen LogP contribution in [0.3, 0.4) is 0 Å². The van der Waals surface area contributed by atoms with Crippen LogP contribution in [0, 0.1) is 0 Å². The van der Waals surface area contributed by atoms with Crippen LogP contribution in [0.2, 0.25) is 0 Å². The van der Waals surface area contributed by atoms with Crippen LogP contribution in [-0.4, -0.2) is 56.5 Å². The summed E-state index contributed by atoms with van der Waals surface area (Å²) >= 11 is 0. The molecule has 0 aromatic carbocycles. The smallest absolute Gasteiger partial charge is 0.248 e. The maximum absolute atomic E-state index is 10.8. The fourth-order valence-corrected chi connectivity index (χ4v) is 1.03. The molecule has 0 radical (unpaired) electrons. The highest BCUT2D eigenvalue weighted by Crippen LogP contribution is 1.88. The Morgan fingerprint density at radius 2 is 1.92 bits per heavy atom. The summed E-state index contributed by atoms with van der Waals surface area (Å²) in [6.45, 7) is 2.31. The van der Waals surface area contributed by atoms with Crippen LogP contribution in [-0.2, 0) is 4.79 Å². The first kappa shape index (κ1) is 12.3. The monoisotopic (exact) mass is 188 g/mol. The number of nitrogens with one attached hydrogen (secondary N) is 1. The van der Waals surface area contributed by atoms with E-state index in [9.17, 15) is 4.79 Å². The second-order valence-electron chi connectivity index (χ2n) is 3.46. The maximum Gasteiger partial charge on any atom is 0.248 e. The van der Waals surface area contributed by atoms with E-state index in [2.05, 4.69) is 10.3 Å². The van der Waals surface area contributed by atoms with Crippen molar-refractivity contribution in [3.63, 3.8) is 0 Å². The third-order valence-corrected chi connectivity index (χ3v) is 1.72. The van der Waals surface area contributed by atoms with Crippen molar-refractivity contribution >= 4 is 5.91 Å². The Balaban J connectivity index is 3.40. The fraction of sp³-hybridized carbons (Fsp3) is 0.875. The van der Waals surface area contributed by atoms with Crippen molar-refractivity contribution in [2.24, 2.45) is 5.84 Å². The highest BCUT2D eigenvalue weighted by atomic mass is 16.2. The molecule has 0 aliphatic carbocycles. The quantitative estimate of drug-likeness (QED) is 0.314. The minimum atomic E-state index is -0.146. The summed E-state index contributed by atoms with van der Waals surface area (Å²) in [6.07, 6.45) is 1.06. The summed E-state index contributed by atoms with van der Waals surface area (Å²) < 4.78 is 0. The van der Waals surface area contributed by atoms with Gasteiger partial charge in [-0.1, -0.05) is 0 Å². The van der Waals surface area contributed by atoms with Crippen LogP contribution in [0.4, 0.5) is 0 Å². The molecule has 1 amide bonds. The Hall–Kier alpha value is -0.650. The molecule has 0 atom stereocenters. The van der Waals surface area contributed by atoms with Crippen LogP contribution >= 0.6 is 0 Å². The second kappa shape index (κ2) is 6.82. The van der Waals surface area contributed by atoms with Gasteiger partial charge in [0.2, 0.25) is 5.91 Å². The minimum Gasteiger partial charge on any atom is -0.309 e. The number of nitrogens with two attached hydrogens (primary N) is 1. The molecular weight excluding hydrogens is 168 g/mol. The summed E-state index contributed by atoms with van der Waals surface area (Å²) in [5.74, 6) is 4.82. The Kier molecular flexibility index (Phi) is 6.48. The molecule has 0 saturated carbocycles. The van der Waals surface area contributed by atoms with Gasteiger partial charge in [0.1, 0.15) is 0 Å². The topological polar surface area (TPSA) is 61.6 Å². The third-order valence-electron chi connectivity index (χ3n) is 1.72. The van der Waals surface area contributed by atoms with Gasteiger partial charge in [0, 0.05) is 0 Å². The zero-order valence-corrected chi connectivity index (χ0v) is 8.71. The number of carbonyl (C=O) groups excluding carboxylic acids is 1. The first-order chi connectivity index (χ1) is 6.06. The first-order valence-corrected chi connectivity index (χ1v) is 4.39. The molecule has 5 heteroatoms. The normalized spacial score (nSPS) is 10.9. The molecule has 0 saturated heterocycles. The van der Waals surface area contributed by atoms with Crippen molar-refractivity contribution < 1.29 is 4.79 Å². The number of hydrazine groups is 1. The van der Waals surface area contributed by atoms with Crippen molar-refractivity contribution in [2.45, 2.75) is 6.42 Å². The minimum absolute atomic E-state index is 0.146. The molecule has 0 aromatic heterocycles. The van der Waals surface area contributed by atoms with Crippen molar-refractivity contribution in [3.05, 3.63) is 0 Å². The number of rotatable bonds is 6. The molecule has 0 aromatic rings. The van der Waals surface area contributed by atoms with Crippen LogP contribution in [0.25, 0.3) is 0 Å². The molecule has 13 heavy (non-hydrogen) atoms. The summed E-state index contributed by atoms with van der Waals surface area (Å²) in [5.41, 5.74) is 2.10. The Morgan fingerprint density at radius 3 is 2.38 bits per heavy atom. The van der Waals surface area contributed by atoms with Crippen LogP contribution in [0.5, 0.6) is 0 Å².